The van der Waals surface area contributed by atoms with Crippen LogP contribution in [-0.2, 0) is 0 Å². The zero-order valence-electron chi connectivity index (χ0n) is 13.5. The topological polar surface area (TPSA) is 18.5 Å². The zero-order chi connectivity index (χ0) is 14.7. The number of rotatable bonds is 4. The standard InChI is InChI=1S/C18H29N3/c1-19-17-11-14-21(18-9-4-3-8-16(17)18)13-10-15-7-5-6-12-20(15)2/h3-4,8-9,15,17,19H,5-7,10-14H2,1-2H3. The SMILES string of the molecule is CNC1CCN(CCC2CCCCN2C)c2ccccc21. The number of piperidine rings is 1. The maximum Gasteiger partial charge on any atom is 0.0414 e. The molecule has 2 heterocycles. The molecule has 0 aromatic heterocycles. The van der Waals surface area contributed by atoms with E-state index in [1.165, 1.54) is 63.0 Å². The van der Waals surface area contributed by atoms with Crippen molar-refractivity contribution in [1.82, 2.24) is 10.2 Å². The molecule has 0 spiro atoms. The monoisotopic (exact) mass is 287 g/mol. The molecule has 0 amide bonds. The fraction of sp³-hybridized carbons (Fsp3) is 0.667. The largest absolute Gasteiger partial charge is 0.371 e. The normalized spacial score (nSPS) is 26.7. The van der Waals surface area contributed by atoms with Crippen LogP contribution in [0, 0.1) is 0 Å². The van der Waals surface area contributed by atoms with Crippen LogP contribution >= 0.6 is 0 Å². The van der Waals surface area contributed by atoms with Crippen molar-refractivity contribution in [3.8, 4) is 0 Å². The van der Waals surface area contributed by atoms with Gasteiger partial charge in [0.15, 0.2) is 0 Å². The lowest BCUT2D eigenvalue weighted by molar-refractivity contribution is 0.177. The molecule has 0 saturated carbocycles. The first kappa shape index (κ1) is 14.9. The molecule has 2 aliphatic heterocycles. The van der Waals surface area contributed by atoms with Crippen molar-refractivity contribution in [3.63, 3.8) is 0 Å². The van der Waals surface area contributed by atoms with E-state index in [1.807, 2.05) is 0 Å². The molecule has 0 aliphatic carbocycles. The summed E-state index contributed by atoms with van der Waals surface area (Å²) in [7, 11) is 4.37. The molecule has 2 atom stereocenters. The van der Waals surface area contributed by atoms with Crippen molar-refractivity contribution in [2.75, 3.05) is 38.6 Å². The second-order valence-electron chi connectivity index (χ2n) is 6.59. The Hall–Kier alpha value is -1.06. The molecule has 3 heteroatoms. The summed E-state index contributed by atoms with van der Waals surface area (Å²) in [5, 5.41) is 3.46. The Bertz CT molecular complexity index is 460. The van der Waals surface area contributed by atoms with Crippen LogP contribution in [-0.4, -0.2) is 44.7 Å². The number of anilines is 1. The van der Waals surface area contributed by atoms with Gasteiger partial charge in [-0.1, -0.05) is 24.6 Å². The number of likely N-dealkylation sites (tertiary alicyclic amines) is 1. The molecule has 116 valence electrons. The predicted molar refractivity (Wildman–Crippen MR) is 90.0 cm³/mol. The highest BCUT2D eigenvalue weighted by Crippen LogP contribution is 2.33. The number of hydrogen-bond acceptors (Lipinski definition) is 3. The number of hydrogen-bond donors (Lipinski definition) is 1. The number of nitrogens with one attached hydrogen (secondary N) is 1. The van der Waals surface area contributed by atoms with Crippen LogP contribution in [0.3, 0.4) is 0 Å². The minimum absolute atomic E-state index is 0.523. The van der Waals surface area contributed by atoms with Gasteiger partial charge in [0.05, 0.1) is 0 Å². The fourth-order valence-corrected chi connectivity index (χ4v) is 3.98. The first-order valence-electron chi connectivity index (χ1n) is 8.51. The first-order valence-corrected chi connectivity index (χ1v) is 8.51. The summed E-state index contributed by atoms with van der Waals surface area (Å²) in [5.74, 6) is 0. The Morgan fingerprint density at radius 2 is 2.00 bits per heavy atom. The Morgan fingerprint density at radius 1 is 1.14 bits per heavy atom. The minimum atomic E-state index is 0.523. The molecule has 2 aliphatic rings. The van der Waals surface area contributed by atoms with E-state index in [1.54, 1.807) is 0 Å². The van der Waals surface area contributed by atoms with Crippen LogP contribution in [0.2, 0.25) is 0 Å². The molecule has 3 nitrogen and oxygen atoms in total. The Kier molecular flexibility index (Phi) is 4.81. The Morgan fingerprint density at radius 3 is 2.81 bits per heavy atom. The van der Waals surface area contributed by atoms with Crippen LogP contribution in [0.1, 0.15) is 43.7 Å². The van der Waals surface area contributed by atoms with Crippen LogP contribution in [0.5, 0.6) is 0 Å². The Labute approximate surface area is 129 Å². The first-order chi connectivity index (χ1) is 10.3. The molecule has 0 radical (unpaired) electrons. The van der Waals surface area contributed by atoms with Gasteiger partial charge in [-0.3, -0.25) is 0 Å². The molecule has 1 aromatic rings. The number of nitrogens with zero attached hydrogens (tertiary/aromatic N) is 2. The summed E-state index contributed by atoms with van der Waals surface area (Å²) in [6, 6.07) is 10.2. The quantitative estimate of drug-likeness (QED) is 0.918. The number of benzene rings is 1. The van der Waals surface area contributed by atoms with Gasteiger partial charge >= 0.3 is 0 Å². The summed E-state index contributed by atoms with van der Waals surface area (Å²) in [4.78, 5) is 5.17. The third kappa shape index (κ3) is 3.24. The smallest absolute Gasteiger partial charge is 0.0414 e. The lowest BCUT2D eigenvalue weighted by Crippen LogP contribution is -2.41. The average Bonchev–Trinajstić information content (AvgIpc) is 2.54. The Balaban J connectivity index is 1.66. The lowest BCUT2D eigenvalue weighted by Gasteiger charge is -2.38. The van der Waals surface area contributed by atoms with Gasteiger partial charge < -0.3 is 15.1 Å². The molecular formula is C18H29N3. The highest BCUT2D eigenvalue weighted by molar-refractivity contribution is 5.56. The molecular weight excluding hydrogens is 258 g/mol. The molecule has 21 heavy (non-hydrogen) atoms. The molecule has 1 aromatic carbocycles. The summed E-state index contributed by atoms with van der Waals surface area (Å²) < 4.78 is 0. The average molecular weight is 287 g/mol. The van der Waals surface area contributed by atoms with E-state index in [2.05, 4.69) is 53.5 Å². The van der Waals surface area contributed by atoms with Gasteiger partial charge in [0.1, 0.15) is 0 Å². The third-order valence-corrected chi connectivity index (χ3v) is 5.34. The second kappa shape index (κ2) is 6.80. The van der Waals surface area contributed by atoms with Gasteiger partial charge in [0, 0.05) is 30.9 Å². The third-order valence-electron chi connectivity index (χ3n) is 5.34. The maximum atomic E-state index is 3.46. The highest BCUT2D eigenvalue weighted by atomic mass is 15.2. The van der Waals surface area contributed by atoms with E-state index in [4.69, 9.17) is 0 Å². The minimum Gasteiger partial charge on any atom is -0.371 e. The highest BCUT2D eigenvalue weighted by Gasteiger charge is 2.25. The van der Waals surface area contributed by atoms with Crippen molar-refractivity contribution in [3.05, 3.63) is 29.8 Å². The van der Waals surface area contributed by atoms with Gasteiger partial charge in [-0.05, 0) is 58.0 Å². The van der Waals surface area contributed by atoms with E-state index >= 15 is 0 Å². The van der Waals surface area contributed by atoms with E-state index < -0.39 is 0 Å². The summed E-state index contributed by atoms with van der Waals surface area (Å²) in [6.07, 6.45) is 6.69. The number of para-hydroxylation sites is 1. The van der Waals surface area contributed by atoms with Gasteiger partial charge in [-0.25, -0.2) is 0 Å². The summed E-state index contributed by atoms with van der Waals surface area (Å²) in [5.41, 5.74) is 2.92. The van der Waals surface area contributed by atoms with Crippen molar-refractivity contribution in [1.29, 1.82) is 0 Å². The molecule has 3 rings (SSSR count). The zero-order valence-corrected chi connectivity index (χ0v) is 13.5. The van der Waals surface area contributed by atoms with E-state index in [9.17, 15) is 0 Å². The molecule has 1 fully saturated rings. The molecule has 0 bridgehead atoms. The van der Waals surface area contributed by atoms with Gasteiger partial charge in [-0.15, -0.1) is 0 Å². The van der Waals surface area contributed by atoms with E-state index in [-0.39, 0.29) is 0 Å². The van der Waals surface area contributed by atoms with Crippen LogP contribution in [0.4, 0.5) is 5.69 Å². The second-order valence-corrected chi connectivity index (χ2v) is 6.59. The molecule has 2 unspecified atom stereocenters. The van der Waals surface area contributed by atoms with E-state index in [0.717, 1.165) is 6.04 Å². The van der Waals surface area contributed by atoms with Crippen molar-refractivity contribution < 1.29 is 0 Å². The van der Waals surface area contributed by atoms with Crippen LogP contribution < -0.4 is 10.2 Å². The lowest BCUT2D eigenvalue weighted by atomic mass is 9.95. The van der Waals surface area contributed by atoms with Crippen molar-refractivity contribution in [2.24, 2.45) is 0 Å². The number of fused-ring (bicyclic) bond motifs is 1. The summed E-state index contributed by atoms with van der Waals surface area (Å²) >= 11 is 0. The summed E-state index contributed by atoms with van der Waals surface area (Å²) in [6.45, 7) is 3.66. The van der Waals surface area contributed by atoms with Crippen molar-refractivity contribution in [2.45, 2.75) is 44.2 Å². The molecule has 1 saturated heterocycles. The predicted octanol–water partition coefficient (Wildman–Crippen LogP) is 3.03. The van der Waals surface area contributed by atoms with Crippen molar-refractivity contribution >= 4 is 5.69 Å². The van der Waals surface area contributed by atoms with Gasteiger partial charge in [0.25, 0.3) is 0 Å². The fourth-order valence-electron chi connectivity index (χ4n) is 3.98. The van der Waals surface area contributed by atoms with E-state index in [0.29, 0.717) is 6.04 Å². The maximum absolute atomic E-state index is 3.46. The van der Waals surface area contributed by atoms with Gasteiger partial charge in [0.2, 0.25) is 0 Å². The van der Waals surface area contributed by atoms with Gasteiger partial charge in [-0.2, -0.15) is 0 Å². The molecule has 1 N–H and O–H groups in total. The van der Waals surface area contributed by atoms with Crippen LogP contribution in [0.25, 0.3) is 0 Å². The van der Waals surface area contributed by atoms with Crippen LogP contribution in [0.15, 0.2) is 24.3 Å².